The van der Waals surface area contributed by atoms with Crippen LogP contribution in [0.2, 0.25) is 10.0 Å². The zero-order valence-corrected chi connectivity index (χ0v) is 14.6. The maximum Gasteiger partial charge on any atom is 0.229 e. The Kier molecular flexibility index (Phi) is 5.18. The molecule has 122 valence electrons. The third-order valence-corrected chi connectivity index (χ3v) is 4.11. The number of halogens is 2. The van der Waals surface area contributed by atoms with Crippen LogP contribution in [-0.4, -0.2) is 9.97 Å². The lowest BCUT2D eigenvalue weighted by Crippen LogP contribution is -2.05. The van der Waals surface area contributed by atoms with Crippen molar-refractivity contribution in [1.29, 1.82) is 0 Å². The van der Waals surface area contributed by atoms with E-state index in [0.717, 1.165) is 27.7 Å². The third kappa shape index (κ3) is 4.16. The zero-order valence-electron chi connectivity index (χ0n) is 13.1. The summed E-state index contributed by atoms with van der Waals surface area (Å²) in [7, 11) is 0. The molecule has 0 atom stereocenters. The summed E-state index contributed by atoms with van der Waals surface area (Å²) < 4.78 is 0. The fraction of sp³-hybridized carbons (Fsp3) is 0.111. The van der Waals surface area contributed by atoms with Crippen molar-refractivity contribution < 1.29 is 0 Å². The number of hydrogen-bond acceptors (Lipinski definition) is 4. The number of hydrogen-bond donors (Lipinski definition) is 2. The second kappa shape index (κ2) is 7.51. The maximum atomic E-state index is 6.16. The summed E-state index contributed by atoms with van der Waals surface area (Å²) in [4.78, 5) is 8.72. The van der Waals surface area contributed by atoms with Crippen LogP contribution < -0.4 is 10.6 Å². The van der Waals surface area contributed by atoms with Crippen molar-refractivity contribution in [3.63, 3.8) is 0 Å². The molecule has 2 N–H and O–H groups in total. The summed E-state index contributed by atoms with van der Waals surface area (Å²) in [5.41, 5.74) is 2.96. The Morgan fingerprint density at radius 2 is 1.88 bits per heavy atom. The Morgan fingerprint density at radius 3 is 2.67 bits per heavy atom. The fourth-order valence-corrected chi connectivity index (χ4v) is 2.66. The lowest BCUT2D eigenvalue weighted by molar-refractivity contribution is 1.08. The fourth-order valence-electron chi connectivity index (χ4n) is 2.23. The van der Waals surface area contributed by atoms with E-state index >= 15 is 0 Å². The van der Waals surface area contributed by atoms with E-state index in [-0.39, 0.29) is 0 Å². The van der Waals surface area contributed by atoms with Gasteiger partial charge in [-0.3, -0.25) is 0 Å². The quantitative estimate of drug-likeness (QED) is 0.636. The van der Waals surface area contributed by atoms with Crippen LogP contribution in [0, 0.1) is 6.92 Å². The minimum Gasteiger partial charge on any atom is -0.366 e. The summed E-state index contributed by atoms with van der Waals surface area (Å²) in [5, 5.41) is 7.89. The van der Waals surface area contributed by atoms with E-state index in [1.165, 1.54) is 0 Å². The zero-order chi connectivity index (χ0) is 16.9. The molecule has 0 spiro atoms. The first kappa shape index (κ1) is 16.6. The van der Waals surface area contributed by atoms with E-state index in [4.69, 9.17) is 23.2 Å². The van der Waals surface area contributed by atoms with Gasteiger partial charge >= 0.3 is 0 Å². The highest BCUT2D eigenvalue weighted by Crippen LogP contribution is 2.22. The average Bonchev–Trinajstić information content (AvgIpc) is 2.57. The maximum absolute atomic E-state index is 6.16. The van der Waals surface area contributed by atoms with Gasteiger partial charge < -0.3 is 10.6 Å². The SMILES string of the molecule is Cc1cc(Cl)ccc1Nc1nccc(NCc2ccccc2Cl)n1. The monoisotopic (exact) mass is 358 g/mol. The molecule has 0 saturated heterocycles. The highest BCUT2D eigenvalue weighted by molar-refractivity contribution is 6.31. The average molecular weight is 359 g/mol. The third-order valence-electron chi connectivity index (χ3n) is 3.51. The first-order valence-electron chi connectivity index (χ1n) is 7.45. The van der Waals surface area contributed by atoms with Crippen LogP contribution >= 0.6 is 23.2 Å². The van der Waals surface area contributed by atoms with Gasteiger partial charge in [0.2, 0.25) is 5.95 Å². The Morgan fingerprint density at radius 1 is 1.04 bits per heavy atom. The van der Waals surface area contributed by atoms with Gasteiger partial charge in [-0.1, -0.05) is 41.4 Å². The first-order chi connectivity index (χ1) is 11.6. The van der Waals surface area contributed by atoms with Crippen LogP contribution in [0.25, 0.3) is 0 Å². The molecule has 0 unspecified atom stereocenters. The molecule has 0 aliphatic carbocycles. The van der Waals surface area contributed by atoms with E-state index < -0.39 is 0 Å². The van der Waals surface area contributed by atoms with Crippen molar-refractivity contribution in [2.75, 3.05) is 10.6 Å². The Balaban J connectivity index is 1.71. The smallest absolute Gasteiger partial charge is 0.229 e. The van der Waals surface area contributed by atoms with Gasteiger partial charge in [0.15, 0.2) is 0 Å². The van der Waals surface area contributed by atoms with Gasteiger partial charge in [0.25, 0.3) is 0 Å². The molecule has 0 fully saturated rings. The van der Waals surface area contributed by atoms with Gasteiger partial charge in [0, 0.05) is 28.5 Å². The van der Waals surface area contributed by atoms with Crippen molar-refractivity contribution in [1.82, 2.24) is 9.97 Å². The molecular formula is C18H16Cl2N4. The molecule has 0 bridgehead atoms. The number of aryl methyl sites for hydroxylation is 1. The second-order valence-electron chi connectivity index (χ2n) is 5.29. The number of nitrogens with one attached hydrogen (secondary N) is 2. The normalized spacial score (nSPS) is 10.5. The molecule has 4 nitrogen and oxygen atoms in total. The molecular weight excluding hydrogens is 343 g/mol. The van der Waals surface area contributed by atoms with Crippen molar-refractivity contribution in [2.24, 2.45) is 0 Å². The van der Waals surface area contributed by atoms with Crippen molar-refractivity contribution in [3.8, 4) is 0 Å². The molecule has 0 amide bonds. The molecule has 6 heteroatoms. The van der Waals surface area contributed by atoms with Crippen LogP contribution in [0.3, 0.4) is 0 Å². The van der Waals surface area contributed by atoms with Gasteiger partial charge in [0.1, 0.15) is 5.82 Å². The lowest BCUT2D eigenvalue weighted by atomic mass is 10.2. The minimum absolute atomic E-state index is 0.518. The predicted octanol–water partition coefficient (Wildman–Crippen LogP) is 5.45. The summed E-state index contributed by atoms with van der Waals surface area (Å²) in [6.07, 6.45) is 1.70. The van der Waals surface area contributed by atoms with E-state index in [0.29, 0.717) is 17.5 Å². The standard InChI is InChI=1S/C18H16Cl2N4/c1-12-10-14(19)6-7-16(12)23-18-21-9-8-17(24-18)22-11-13-4-2-3-5-15(13)20/h2-10H,11H2,1H3,(H2,21,22,23,24). The summed E-state index contributed by atoms with van der Waals surface area (Å²) in [6, 6.07) is 15.2. The molecule has 1 heterocycles. The number of anilines is 3. The van der Waals surface area contributed by atoms with Crippen molar-refractivity contribution in [2.45, 2.75) is 13.5 Å². The Labute approximate surface area is 150 Å². The van der Waals surface area contributed by atoms with Gasteiger partial charge in [-0.15, -0.1) is 0 Å². The number of nitrogens with zero attached hydrogens (tertiary/aromatic N) is 2. The Bertz CT molecular complexity index is 852. The summed E-state index contributed by atoms with van der Waals surface area (Å²) in [6.45, 7) is 2.57. The summed E-state index contributed by atoms with van der Waals surface area (Å²) >= 11 is 12.1. The van der Waals surface area contributed by atoms with Gasteiger partial charge in [-0.25, -0.2) is 4.98 Å². The van der Waals surface area contributed by atoms with Gasteiger partial charge in [-0.2, -0.15) is 4.98 Å². The first-order valence-corrected chi connectivity index (χ1v) is 8.21. The molecule has 0 radical (unpaired) electrons. The van der Waals surface area contributed by atoms with Crippen LogP contribution in [0.1, 0.15) is 11.1 Å². The highest BCUT2D eigenvalue weighted by Gasteiger charge is 2.04. The molecule has 3 aromatic rings. The number of rotatable bonds is 5. The predicted molar refractivity (Wildman–Crippen MR) is 100 cm³/mol. The Hall–Kier alpha value is -2.30. The minimum atomic E-state index is 0.518. The molecule has 0 aliphatic heterocycles. The van der Waals surface area contributed by atoms with Crippen LogP contribution in [-0.2, 0) is 6.54 Å². The topological polar surface area (TPSA) is 49.8 Å². The highest BCUT2D eigenvalue weighted by atomic mass is 35.5. The van der Waals surface area contributed by atoms with Crippen molar-refractivity contribution in [3.05, 3.63) is 75.9 Å². The molecule has 0 aliphatic rings. The van der Waals surface area contributed by atoms with E-state index in [1.807, 2.05) is 55.5 Å². The van der Waals surface area contributed by atoms with Crippen LogP contribution in [0.4, 0.5) is 17.5 Å². The molecule has 24 heavy (non-hydrogen) atoms. The lowest BCUT2D eigenvalue weighted by Gasteiger charge is -2.11. The van der Waals surface area contributed by atoms with Crippen LogP contribution in [0.15, 0.2) is 54.7 Å². The number of benzene rings is 2. The van der Waals surface area contributed by atoms with Crippen LogP contribution in [0.5, 0.6) is 0 Å². The molecule has 1 aromatic heterocycles. The molecule has 2 aromatic carbocycles. The molecule has 0 saturated carbocycles. The summed E-state index contributed by atoms with van der Waals surface area (Å²) in [5.74, 6) is 1.24. The second-order valence-corrected chi connectivity index (χ2v) is 6.14. The molecule has 3 rings (SSSR count). The van der Waals surface area contributed by atoms with Gasteiger partial charge in [-0.05, 0) is 48.4 Å². The number of aromatic nitrogens is 2. The largest absolute Gasteiger partial charge is 0.366 e. The van der Waals surface area contributed by atoms with E-state index in [1.54, 1.807) is 6.20 Å². The van der Waals surface area contributed by atoms with Crippen molar-refractivity contribution >= 4 is 40.7 Å². The van der Waals surface area contributed by atoms with E-state index in [9.17, 15) is 0 Å². The van der Waals surface area contributed by atoms with E-state index in [2.05, 4.69) is 20.6 Å². The van der Waals surface area contributed by atoms with Gasteiger partial charge in [0.05, 0.1) is 0 Å².